The average molecular weight is 303 g/mol. The highest BCUT2D eigenvalue weighted by atomic mass is 35.5. The summed E-state index contributed by atoms with van der Waals surface area (Å²) in [6.45, 7) is 1.44. The second-order valence-corrected chi connectivity index (χ2v) is 5.74. The molecule has 4 nitrogen and oxygen atoms in total. The molecule has 2 N–H and O–H groups in total. The molecule has 0 aliphatic rings. The molecule has 0 amide bonds. The van der Waals surface area contributed by atoms with Crippen molar-refractivity contribution >= 4 is 34.8 Å². The molecule has 0 heterocycles. The fraction of sp³-hybridized carbons (Fsp3) is 0.385. The van der Waals surface area contributed by atoms with Crippen LogP contribution in [0.2, 0.25) is 5.02 Å². The number of carbonyl (C=O) groups is 2. The number of rotatable bonds is 6. The van der Waals surface area contributed by atoms with E-state index in [9.17, 15) is 19.8 Å². The van der Waals surface area contributed by atoms with Crippen molar-refractivity contribution in [3.05, 3.63) is 34.3 Å². The van der Waals surface area contributed by atoms with Gasteiger partial charge in [-0.05, 0) is 24.1 Å². The second kappa shape index (κ2) is 7.65. The Morgan fingerprint density at radius 1 is 1.47 bits per heavy atom. The first-order chi connectivity index (χ1) is 8.95. The number of aldehydes is 1. The van der Waals surface area contributed by atoms with E-state index in [1.54, 1.807) is 6.07 Å². The van der Waals surface area contributed by atoms with Crippen LogP contribution in [0.15, 0.2) is 18.2 Å². The smallest absolute Gasteiger partial charge is 0.185 e. The van der Waals surface area contributed by atoms with Gasteiger partial charge in [0, 0.05) is 23.3 Å². The van der Waals surface area contributed by atoms with Crippen LogP contribution in [0.4, 0.5) is 0 Å². The van der Waals surface area contributed by atoms with Crippen molar-refractivity contribution in [1.29, 1.82) is 0 Å². The molecule has 6 heteroatoms. The summed E-state index contributed by atoms with van der Waals surface area (Å²) in [4.78, 5) is 21.7. The Morgan fingerprint density at radius 3 is 2.74 bits per heavy atom. The summed E-state index contributed by atoms with van der Waals surface area (Å²) in [5.74, 6) is 0.414. The van der Waals surface area contributed by atoms with Crippen LogP contribution in [0.3, 0.4) is 0 Å². The van der Waals surface area contributed by atoms with Gasteiger partial charge in [0.2, 0.25) is 0 Å². The van der Waals surface area contributed by atoms with Crippen LogP contribution in [0.25, 0.3) is 0 Å². The van der Waals surface area contributed by atoms with Gasteiger partial charge in [0.25, 0.3) is 0 Å². The maximum atomic E-state index is 10.9. The summed E-state index contributed by atoms with van der Waals surface area (Å²) < 4.78 is 0. The van der Waals surface area contributed by atoms with Crippen LogP contribution in [-0.2, 0) is 4.79 Å². The van der Waals surface area contributed by atoms with Crippen LogP contribution in [0, 0.1) is 0 Å². The van der Waals surface area contributed by atoms with Crippen molar-refractivity contribution in [1.82, 2.24) is 0 Å². The molecule has 0 saturated heterocycles. The molecule has 104 valence electrons. The summed E-state index contributed by atoms with van der Waals surface area (Å²) in [6, 6.07) is 4.49. The van der Waals surface area contributed by atoms with Gasteiger partial charge in [0.15, 0.2) is 5.12 Å². The van der Waals surface area contributed by atoms with E-state index in [2.05, 4.69) is 0 Å². The van der Waals surface area contributed by atoms with Crippen molar-refractivity contribution < 1.29 is 19.8 Å². The largest absolute Gasteiger partial charge is 0.390 e. The Labute approximate surface area is 120 Å². The summed E-state index contributed by atoms with van der Waals surface area (Å²) in [5, 5.41) is 20.2. The molecule has 19 heavy (non-hydrogen) atoms. The Hall–Kier alpha value is -0.880. The van der Waals surface area contributed by atoms with Gasteiger partial charge in [-0.25, -0.2) is 0 Å². The predicted octanol–water partition coefficient (Wildman–Crippen LogP) is 2.22. The van der Waals surface area contributed by atoms with Crippen LogP contribution in [0.1, 0.15) is 35.4 Å². The van der Waals surface area contributed by atoms with E-state index in [1.165, 1.54) is 19.1 Å². The minimum absolute atomic E-state index is 0.0400. The Kier molecular flexibility index (Phi) is 6.51. The number of benzene rings is 1. The van der Waals surface area contributed by atoms with Gasteiger partial charge in [-0.15, -0.1) is 0 Å². The van der Waals surface area contributed by atoms with Gasteiger partial charge in [-0.3, -0.25) is 9.59 Å². The minimum Gasteiger partial charge on any atom is -0.390 e. The first-order valence-electron chi connectivity index (χ1n) is 5.69. The van der Waals surface area contributed by atoms with Crippen molar-refractivity contribution in [2.24, 2.45) is 0 Å². The molecule has 1 aromatic rings. The van der Waals surface area contributed by atoms with Gasteiger partial charge in [0.05, 0.1) is 6.10 Å². The van der Waals surface area contributed by atoms with Crippen molar-refractivity contribution in [2.75, 3.05) is 5.75 Å². The molecule has 0 fully saturated rings. The number of halogens is 1. The van der Waals surface area contributed by atoms with Gasteiger partial charge in [-0.1, -0.05) is 29.4 Å². The maximum absolute atomic E-state index is 10.9. The van der Waals surface area contributed by atoms with Crippen molar-refractivity contribution in [3.63, 3.8) is 0 Å². The van der Waals surface area contributed by atoms with Gasteiger partial charge in [-0.2, -0.15) is 0 Å². The monoisotopic (exact) mass is 302 g/mol. The van der Waals surface area contributed by atoms with Crippen LogP contribution in [0.5, 0.6) is 0 Å². The zero-order valence-corrected chi connectivity index (χ0v) is 11.9. The number of thioether (sulfide) groups is 1. The molecule has 0 radical (unpaired) electrons. The summed E-state index contributed by atoms with van der Waals surface area (Å²) >= 11 is 6.84. The number of carbonyl (C=O) groups excluding carboxylic acids is 2. The standard InChI is InChI=1S/C13H15ClO4S/c1-8(16)19-5-4-12(17)13(18)11-3-2-10(14)6-9(11)7-15/h2-3,6-7,12-13,17-18H,4-5H2,1H3. The first kappa shape index (κ1) is 16.2. The van der Waals surface area contributed by atoms with E-state index in [1.807, 2.05) is 0 Å². The highest BCUT2D eigenvalue weighted by Crippen LogP contribution is 2.25. The molecule has 2 unspecified atom stereocenters. The number of aliphatic hydroxyl groups is 2. The topological polar surface area (TPSA) is 74.6 Å². The molecule has 0 aliphatic carbocycles. The molecule has 2 atom stereocenters. The van der Waals surface area contributed by atoms with E-state index < -0.39 is 12.2 Å². The second-order valence-electron chi connectivity index (χ2n) is 4.03. The van der Waals surface area contributed by atoms with Crippen molar-refractivity contribution in [3.8, 4) is 0 Å². The quantitative estimate of drug-likeness (QED) is 0.788. The number of hydrogen-bond acceptors (Lipinski definition) is 5. The number of hydrogen-bond donors (Lipinski definition) is 2. The lowest BCUT2D eigenvalue weighted by Gasteiger charge is -2.19. The molecule has 1 aromatic carbocycles. The lowest BCUT2D eigenvalue weighted by atomic mass is 9.98. The molecule has 0 aliphatic heterocycles. The van der Waals surface area contributed by atoms with Gasteiger partial charge < -0.3 is 10.2 Å². The molecular weight excluding hydrogens is 288 g/mol. The lowest BCUT2D eigenvalue weighted by Crippen LogP contribution is -2.20. The summed E-state index contributed by atoms with van der Waals surface area (Å²) in [5.41, 5.74) is 0.581. The third-order valence-corrected chi connectivity index (χ3v) is 3.66. The van der Waals surface area contributed by atoms with E-state index in [-0.39, 0.29) is 17.1 Å². The third-order valence-electron chi connectivity index (χ3n) is 2.58. The fourth-order valence-electron chi connectivity index (χ4n) is 1.61. The van der Waals surface area contributed by atoms with Crippen LogP contribution >= 0.6 is 23.4 Å². The van der Waals surface area contributed by atoms with E-state index in [0.717, 1.165) is 11.8 Å². The summed E-state index contributed by atoms with van der Waals surface area (Å²) in [6.07, 6.45) is -1.37. The van der Waals surface area contributed by atoms with Crippen molar-refractivity contribution in [2.45, 2.75) is 25.6 Å². The van der Waals surface area contributed by atoms with Gasteiger partial charge >= 0.3 is 0 Å². The van der Waals surface area contributed by atoms with E-state index >= 15 is 0 Å². The highest BCUT2D eigenvalue weighted by Gasteiger charge is 2.21. The van der Waals surface area contributed by atoms with E-state index in [4.69, 9.17) is 11.6 Å². The predicted molar refractivity (Wildman–Crippen MR) is 75.6 cm³/mol. The molecular formula is C13H15ClO4S. The maximum Gasteiger partial charge on any atom is 0.185 e. The molecule has 0 aromatic heterocycles. The fourth-order valence-corrected chi connectivity index (χ4v) is 2.43. The highest BCUT2D eigenvalue weighted by molar-refractivity contribution is 8.13. The molecule has 0 saturated carbocycles. The number of aliphatic hydroxyl groups excluding tert-OH is 2. The lowest BCUT2D eigenvalue weighted by molar-refractivity contribution is -0.109. The Morgan fingerprint density at radius 2 is 2.16 bits per heavy atom. The van der Waals surface area contributed by atoms with Crippen LogP contribution in [-0.4, -0.2) is 33.5 Å². The first-order valence-corrected chi connectivity index (χ1v) is 7.06. The zero-order chi connectivity index (χ0) is 14.4. The normalized spacial score (nSPS) is 13.9. The third kappa shape index (κ3) is 4.95. The van der Waals surface area contributed by atoms with Gasteiger partial charge in [0.1, 0.15) is 12.4 Å². The molecule has 0 bridgehead atoms. The SMILES string of the molecule is CC(=O)SCCC(O)C(O)c1ccc(Cl)cc1C=O. The Bertz CT molecular complexity index is 464. The van der Waals surface area contributed by atoms with E-state index in [0.29, 0.717) is 22.6 Å². The molecule has 1 rings (SSSR count). The summed E-state index contributed by atoms with van der Waals surface area (Å²) in [7, 11) is 0. The minimum atomic E-state index is -1.18. The zero-order valence-electron chi connectivity index (χ0n) is 10.4. The van der Waals surface area contributed by atoms with Crippen LogP contribution < -0.4 is 0 Å². The Balaban J connectivity index is 2.73. The average Bonchev–Trinajstić information content (AvgIpc) is 2.37. The molecule has 0 spiro atoms.